The lowest BCUT2D eigenvalue weighted by Gasteiger charge is -2.14. The molecule has 0 aliphatic carbocycles. The van der Waals surface area contributed by atoms with Crippen molar-refractivity contribution in [3.05, 3.63) is 66.0 Å². The zero-order valence-corrected chi connectivity index (χ0v) is 9.86. The molecule has 1 nitrogen and oxygen atoms in total. The molecule has 88 valence electrons. The van der Waals surface area contributed by atoms with Crippen molar-refractivity contribution in [3.63, 3.8) is 0 Å². The van der Waals surface area contributed by atoms with Gasteiger partial charge < -0.3 is 5.32 Å². The van der Waals surface area contributed by atoms with E-state index >= 15 is 0 Å². The maximum atomic E-state index is 13.4. The molecule has 2 aromatic rings. The van der Waals surface area contributed by atoms with Gasteiger partial charge in [-0.3, -0.25) is 0 Å². The smallest absolute Gasteiger partial charge is 0.146 e. The molecular formula is C15H16FN. The summed E-state index contributed by atoms with van der Waals surface area (Å²) >= 11 is 0. The first-order valence-corrected chi connectivity index (χ1v) is 5.80. The lowest BCUT2D eigenvalue weighted by molar-refractivity contribution is 0.628. The fourth-order valence-electron chi connectivity index (χ4n) is 1.77. The zero-order chi connectivity index (χ0) is 12.1. The minimum atomic E-state index is -0.201. The summed E-state index contributed by atoms with van der Waals surface area (Å²) in [6, 6.07) is 17.0. The quantitative estimate of drug-likeness (QED) is 0.834. The molecule has 0 amide bonds. The topological polar surface area (TPSA) is 12.0 Å². The molecule has 0 heterocycles. The third-order valence-electron chi connectivity index (χ3n) is 2.84. The Hall–Kier alpha value is -1.83. The van der Waals surface area contributed by atoms with Gasteiger partial charge in [-0.25, -0.2) is 4.39 Å². The molecule has 0 spiro atoms. The van der Waals surface area contributed by atoms with Gasteiger partial charge in [0.25, 0.3) is 0 Å². The highest BCUT2D eigenvalue weighted by Crippen LogP contribution is 2.17. The van der Waals surface area contributed by atoms with E-state index in [0.29, 0.717) is 11.6 Å². The van der Waals surface area contributed by atoms with Gasteiger partial charge in [-0.05, 0) is 23.6 Å². The van der Waals surface area contributed by atoms with E-state index in [-0.39, 0.29) is 5.82 Å². The summed E-state index contributed by atoms with van der Waals surface area (Å²) in [5, 5.41) is 3.14. The average molecular weight is 229 g/mol. The number of benzene rings is 2. The van der Waals surface area contributed by atoms with Crippen LogP contribution in [0.1, 0.15) is 18.4 Å². The van der Waals surface area contributed by atoms with Crippen LogP contribution in [0.3, 0.4) is 0 Å². The first-order valence-electron chi connectivity index (χ1n) is 5.80. The fraction of sp³-hybridized carbons (Fsp3) is 0.200. The molecule has 2 aromatic carbocycles. The van der Waals surface area contributed by atoms with E-state index < -0.39 is 0 Å². The molecule has 0 radical (unpaired) electrons. The summed E-state index contributed by atoms with van der Waals surface area (Å²) in [7, 11) is 0. The Morgan fingerprint density at radius 2 is 1.65 bits per heavy atom. The molecule has 2 rings (SSSR count). The molecule has 1 N–H and O–H groups in total. The van der Waals surface area contributed by atoms with Crippen LogP contribution in [0, 0.1) is 5.82 Å². The van der Waals surface area contributed by atoms with Gasteiger partial charge in [0, 0.05) is 6.54 Å². The lowest BCUT2D eigenvalue weighted by Crippen LogP contribution is -2.10. The maximum Gasteiger partial charge on any atom is 0.146 e. The second-order valence-electron chi connectivity index (χ2n) is 4.17. The van der Waals surface area contributed by atoms with Crippen LogP contribution in [0.15, 0.2) is 54.6 Å². The van der Waals surface area contributed by atoms with E-state index in [1.54, 1.807) is 12.1 Å². The highest BCUT2D eigenvalue weighted by Gasteiger charge is 2.06. The minimum absolute atomic E-state index is 0.201. The van der Waals surface area contributed by atoms with Crippen LogP contribution in [0.2, 0.25) is 0 Å². The van der Waals surface area contributed by atoms with Crippen LogP contribution in [0.5, 0.6) is 0 Å². The minimum Gasteiger partial charge on any atom is -0.382 e. The first-order chi connectivity index (χ1) is 8.27. The van der Waals surface area contributed by atoms with E-state index in [4.69, 9.17) is 0 Å². The highest BCUT2D eigenvalue weighted by atomic mass is 19.1. The molecule has 17 heavy (non-hydrogen) atoms. The lowest BCUT2D eigenvalue weighted by atomic mass is 10.0. The number of hydrogen-bond acceptors (Lipinski definition) is 1. The summed E-state index contributed by atoms with van der Waals surface area (Å²) < 4.78 is 13.4. The van der Waals surface area contributed by atoms with E-state index in [9.17, 15) is 4.39 Å². The molecule has 0 aromatic heterocycles. The van der Waals surface area contributed by atoms with Gasteiger partial charge in [0.1, 0.15) is 5.82 Å². The molecule has 0 bridgehead atoms. The second-order valence-corrected chi connectivity index (χ2v) is 4.17. The predicted molar refractivity (Wildman–Crippen MR) is 69.7 cm³/mol. The van der Waals surface area contributed by atoms with Gasteiger partial charge in [0.2, 0.25) is 0 Å². The Kier molecular flexibility index (Phi) is 3.76. The van der Waals surface area contributed by atoms with Crippen molar-refractivity contribution in [2.75, 3.05) is 11.9 Å². The molecule has 0 fully saturated rings. The largest absolute Gasteiger partial charge is 0.382 e. The van der Waals surface area contributed by atoms with Gasteiger partial charge in [-0.2, -0.15) is 0 Å². The number of para-hydroxylation sites is 1. The van der Waals surface area contributed by atoms with Gasteiger partial charge >= 0.3 is 0 Å². The summed E-state index contributed by atoms with van der Waals surface area (Å²) in [5.41, 5.74) is 1.83. The average Bonchev–Trinajstić information content (AvgIpc) is 2.38. The van der Waals surface area contributed by atoms with Gasteiger partial charge in [0.05, 0.1) is 5.69 Å². The SMILES string of the molecule is CC(CNc1ccccc1F)c1ccccc1. The number of rotatable bonds is 4. The third-order valence-corrected chi connectivity index (χ3v) is 2.84. The van der Waals surface area contributed by atoms with Gasteiger partial charge in [-0.15, -0.1) is 0 Å². The normalized spacial score (nSPS) is 12.1. The molecule has 0 aliphatic heterocycles. The van der Waals surface area contributed by atoms with Crippen molar-refractivity contribution in [1.82, 2.24) is 0 Å². The Balaban J connectivity index is 1.97. The van der Waals surface area contributed by atoms with Crippen molar-refractivity contribution in [3.8, 4) is 0 Å². The standard InChI is InChI=1S/C15H16FN/c1-12(13-7-3-2-4-8-13)11-17-15-10-6-5-9-14(15)16/h2-10,12,17H,11H2,1H3. The molecular weight excluding hydrogens is 213 g/mol. The number of nitrogens with one attached hydrogen (secondary N) is 1. The van der Waals surface area contributed by atoms with Crippen LogP contribution in [-0.4, -0.2) is 6.54 Å². The van der Waals surface area contributed by atoms with Crippen molar-refractivity contribution in [2.24, 2.45) is 0 Å². The predicted octanol–water partition coefficient (Wildman–Crippen LogP) is 4.04. The van der Waals surface area contributed by atoms with Crippen LogP contribution in [-0.2, 0) is 0 Å². The number of anilines is 1. The Morgan fingerprint density at radius 3 is 2.35 bits per heavy atom. The van der Waals surface area contributed by atoms with Crippen LogP contribution in [0.25, 0.3) is 0 Å². The van der Waals surface area contributed by atoms with Crippen molar-refractivity contribution in [2.45, 2.75) is 12.8 Å². The molecule has 0 aliphatic rings. The first kappa shape index (κ1) is 11.6. The Labute approximate surface area is 101 Å². The Morgan fingerprint density at radius 1 is 1.00 bits per heavy atom. The van der Waals surface area contributed by atoms with Crippen LogP contribution >= 0.6 is 0 Å². The number of halogens is 1. The van der Waals surface area contributed by atoms with Crippen molar-refractivity contribution >= 4 is 5.69 Å². The molecule has 1 atom stereocenters. The fourth-order valence-corrected chi connectivity index (χ4v) is 1.77. The molecule has 0 saturated heterocycles. The highest BCUT2D eigenvalue weighted by molar-refractivity contribution is 5.44. The monoisotopic (exact) mass is 229 g/mol. The zero-order valence-electron chi connectivity index (χ0n) is 9.86. The van der Waals surface area contributed by atoms with E-state index in [1.165, 1.54) is 11.6 Å². The van der Waals surface area contributed by atoms with E-state index in [1.807, 2.05) is 24.3 Å². The summed E-state index contributed by atoms with van der Waals surface area (Å²) in [4.78, 5) is 0. The summed E-state index contributed by atoms with van der Waals surface area (Å²) in [5.74, 6) is 0.156. The van der Waals surface area contributed by atoms with Crippen molar-refractivity contribution in [1.29, 1.82) is 0 Å². The van der Waals surface area contributed by atoms with E-state index in [0.717, 1.165) is 6.54 Å². The third kappa shape index (κ3) is 3.06. The van der Waals surface area contributed by atoms with E-state index in [2.05, 4.69) is 24.4 Å². The Bertz CT molecular complexity index is 467. The molecule has 2 heteroatoms. The van der Waals surface area contributed by atoms with Gasteiger partial charge in [0.15, 0.2) is 0 Å². The maximum absolute atomic E-state index is 13.4. The van der Waals surface area contributed by atoms with Crippen LogP contribution < -0.4 is 5.32 Å². The molecule has 0 saturated carbocycles. The number of hydrogen-bond donors (Lipinski definition) is 1. The van der Waals surface area contributed by atoms with Gasteiger partial charge in [-0.1, -0.05) is 49.4 Å². The summed E-state index contributed by atoms with van der Waals surface area (Å²) in [6.07, 6.45) is 0. The summed E-state index contributed by atoms with van der Waals surface area (Å²) in [6.45, 7) is 2.86. The molecule has 1 unspecified atom stereocenters. The van der Waals surface area contributed by atoms with Crippen molar-refractivity contribution < 1.29 is 4.39 Å². The van der Waals surface area contributed by atoms with Crippen LogP contribution in [0.4, 0.5) is 10.1 Å². The second kappa shape index (κ2) is 5.48.